The summed E-state index contributed by atoms with van der Waals surface area (Å²) in [6.45, 7) is 1.85. The SMILES string of the molecule is COC(=O)Cc1ccccc1CNCCCCCCSC. The predicted molar refractivity (Wildman–Crippen MR) is 90.7 cm³/mol. The number of rotatable bonds is 11. The number of nitrogens with one attached hydrogen (secondary N) is 1. The summed E-state index contributed by atoms with van der Waals surface area (Å²) in [6.07, 6.45) is 7.66. The highest BCUT2D eigenvalue weighted by Gasteiger charge is 2.07. The monoisotopic (exact) mass is 309 g/mol. The van der Waals surface area contributed by atoms with E-state index in [9.17, 15) is 4.79 Å². The number of thioether (sulfide) groups is 1. The highest BCUT2D eigenvalue weighted by molar-refractivity contribution is 7.98. The van der Waals surface area contributed by atoms with Gasteiger partial charge >= 0.3 is 5.97 Å². The van der Waals surface area contributed by atoms with Crippen LogP contribution in [0.3, 0.4) is 0 Å². The van der Waals surface area contributed by atoms with Crippen LogP contribution in [0.4, 0.5) is 0 Å². The fourth-order valence-electron chi connectivity index (χ4n) is 2.20. The second kappa shape index (κ2) is 11.6. The van der Waals surface area contributed by atoms with E-state index in [0.717, 1.165) is 18.7 Å². The topological polar surface area (TPSA) is 38.3 Å². The van der Waals surface area contributed by atoms with Crippen molar-refractivity contribution in [1.29, 1.82) is 0 Å². The Morgan fingerprint density at radius 2 is 1.86 bits per heavy atom. The first kappa shape index (κ1) is 18.1. The van der Waals surface area contributed by atoms with E-state index in [1.165, 1.54) is 44.1 Å². The molecule has 0 aliphatic rings. The first-order valence-corrected chi connectivity index (χ1v) is 9.00. The summed E-state index contributed by atoms with van der Waals surface area (Å²) in [6, 6.07) is 8.05. The van der Waals surface area contributed by atoms with Gasteiger partial charge in [0.2, 0.25) is 0 Å². The van der Waals surface area contributed by atoms with Gasteiger partial charge in [-0.05, 0) is 42.5 Å². The van der Waals surface area contributed by atoms with E-state index in [-0.39, 0.29) is 5.97 Å². The van der Waals surface area contributed by atoms with E-state index in [1.54, 1.807) is 0 Å². The van der Waals surface area contributed by atoms with Gasteiger partial charge in [-0.1, -0.05) is 37.1 Å². The molecule has 0 spiro atoms. The average Bonchev–Trinajstić information content (AvgIpc) is 2.51. The lowest BCUT2D eigenvalue weighted by molar-refractivity contribution is -0.139. The average molecular weight is 309 g/mol. The molecule has 21 heavy (non-hydrogen) atoms. The minimum absolute atomic E-state index is 0.184. The molecule has 3 nitrogen and oxygen atoms in total. The van der Waals surface area contributed by atoms with E-state index >= 15 is 0 Å². The molecule has 1 rings (SSSR count). The molecule has 0 aliphatic carbocycles. The first-order chi connectivity index (χ1) is 10.3. The Labute approximate surface area is 132 Å². The molecular weight excluding hydrogens is 282 g/mol. The van der Waals surface area contributed by atoms with Gasteiger partial charge in [-0.25, -0.2) is 0 Å². The third-order valence-electron chi connectivity index (χ3n) is 3.45. The van der Waals surface area contributed by atoms with Crippen molar-refractivity contribution >= 4 is 17.7 Å². The zero-order valence-corrected chi connectivity index (χ0v) is 14.0. The van der Waals surface area contributed by atoms with E-state index < -0.39 is 0 Å². The Bertz CT molecular complexity index is 410. The van der Waals surface area contributed by atoms with Crippen LogP contribution in [0, 0.1) is 0 Å². The molecule has 0 amide bonds. The molecule has 0 bridgehead atoms. The summed E-state index contributed by atoms with van der Waals surface area (Å²) in [5, 5.41) is 3.47. The third kappa shape index (κ3) is 8.12. The molecule has 0 aliphatic heterocycles. The molecule has 0 unspecified atom stereocenters. The molecule has 1 aromatic carbocycles. The zero-order valence-electron chi connectivity index (χ0n) is 13.2. The maximum Gasteiger partial charge on any atom is 0.309 e. The molecule has 4 heteroatoms. The van der Waals surface area contributed by atoms with Crippen LogP contribution in [0.2, 0.25) is 0 Å². The first-order valence-electron chi connectivity index (χ1n) is 7.61. The number of hydrogen-bond acceptors (Lipinski definition) is 4. The van der Waals surface area contributed by atoms with Gasteiger partial charge in [0.1, 0.15) is 0 Å². The van der Waals surface area contributed by atoms with E-state index in [2.05, 4.69) is 17.6 Å². The maximum absolute atomic E-state index is 11.4. The molecule has 0 fully saturated rings. The van der Waals surface area contributed by atoms with Crippen molar-refractivity contribution in [3.63, 3.8) is 0 Å². The quantitative estimate of drug-likeness (QED) is 0.502. The van der Waals surface area contributed by atoms with Gasteiger partial charge in [-0.2, -0.15) is 11.8 Å². The van der Waals surface area contributed by atoms with E-state index in [0.29, 0.717) is 6.42 Å². The van der Waals surface area contributed by atoms with Crippen molar-refractivity contribution in [3.8, 4) is 0 Å². The van der Waals surface area contributed by atoms with Crippen molar-refractivity contribution < 1.29 is 9.53 Å². The van der Waals surface area contributed by atoms with E-state index in [1.807, 2.05) is 30.0 Å². The minimum Gasteiger partial charge on any atom is -0.469 e. The van der Waals surface area contributed by atoms with Gasteiger partial charge in [0, 0.05) is 6.54 Å². The fraction of sp³-hybridized carbons (Fsp3) is 0.588. The second-order valence-corrected chi connectivity index (χ2v) is 6.09. The second-order valence-electron chi connectivity index (χ2n) is 5.11. The van der Waals surface area contributed by atoms with Gasteiger partial charge < -0.3 is 10.1 Å². The number of methoxy groups -OCH3 is 1. The summed E-state index contributed by atoms with van der Waals surface area (Å²) in [7, 11) is 1.43. The Kier molecular flexibility index (Phi) is 10.0. The molecule has 1 aromatic rings. The van der Waals surface area contributed by atoms with Gasteiger partial charge in [0.25, 0.3) is 0 Å². The zero-order chi connectivity index (χ0) is 15.3. The van der Waals surface area contributed by atoms with Gasteiger partial charge in [0.05, 0.1) is 13.5 Å². The summed E-state index contributed by atoms with van der Waals surface area (Å²) in [4.78, 5) is 11.4. The van der Waals surface area contributed by atoms with Crippen molar-refractivity contribution in [3.05, 3.63) is 35.4 Å². The van der Waals surface area contributed by atoms with Crippen LogP contribution in [0.15, 0.2) is 24.3 Å². The number of carbonyl (C=O) groups excluding carboxylic acids is 1. The number of esters is 1. The van der Waals surface area contributed by atoms with Gasteiger partial charge in [0.15, 0.2) is 0 Å². The van der Waals surface area contributed by atoms with Crippen LogP contribution in [0.1, 0.15) is 36.8 Å². The minimum atomic E-state index is -0.184. The molecule has 0 radical (unpaired) electrons. The number of carbonyl (C=O) groups is 1. The van der Waals surface area contributed by atoms with Crippen molar-refractivity contribution in [2.75, 3.05) is 25.7 Å². The molecule has 1 N–H and O–H groups in total. The number of benzene rings is 1. The predicted octanol–water partition coefficient (Wildman–Crippen LogP) is 3.42. The smallest absolute Gasteiger partial charge is 0.309 e. The van der Waals surface area contributed by atoms with Crippen molar-refractivity contribution in [2.45, 2.75) is 38.6 Å². The molecule has 0 heterocycles. The summed E-state index contributed by atoms with van der Waals surface area (Å²) < 4.78 is 4.74. The van der Waals surface area contributed by atoms with Gasteiger partial charge in [-0.3, -0.25) is 4.79 Å². The third-order valence-corrected chi connectivity index (χ3v) is 4.15. The van der Waals surface area contributed by atoms with E-state index in [4.69, 9.17) is 4.74 Å². The molecule has 0 saturated heterocycles. The van der Waals surface area contributed by atoms with Crippen molar-refractivity contribution in [2.24, 2.45) is 0 Å². The van der Waals surface area contributed by atoms with Crippen LogP contribution in [0.25, 0.3) is 0 Å². The highest BCUT2D eigenvalue weighted by atomic mass is 32.2. The lowest BCUT2D eigenvalue weighted by Gasteiger charge is -2.10. The molecule has 0 saturated carbocycles. The van der Waals surface area contributed by atoms with Crippen molar-refractivity contribution in [1.82, 2.24) is 5.32 Å². The van der Waals surface area contributed by atoms with Gasteiger partial charge in [-0.15, -0.1) is 0 Å². The number of ether oxygens (including phenoxy) is 1. The summed E-state index contributed by atoms with van der Waals surface area (Å²) in [5.41, 5.74) is 2.24. The van der Waals surface area contributed by atoms with Crippen LogP contribution in [0.5, 0.6) is 0 Å². The molecule has 0 aromatic heterocycles. The van der Waals surface area contributed by atoms with Crippen LogP contribution in [-0.2, 0) is 22.5 Å². The number of unbranched alkanes of at least 4 members (excludes halogenated alkanes) is 3. The molecular formula is C17H27NO2S. The highest BCUT2D eigenvalue weighted by Crippen LogP contribution is 2.10. The standard InChI is InChI=1S/C17H27NO2S/c1-20-17(19)13-15-9-5-6-10-16(15)14-18-11-7-3-4-8-12-21-2/h5-6,9-10,18H,3-4,7-8,11-14H2,1-2H3. The Balaban J connectivity index is 2.24. The normalized spacial score (nSPS) is 10.6. The summed E-state index contributed by atoms with van der Waals surface area (Å²) in [5.74, 6) is 1.09. The number of hydrogen-bond donors (Lipinski definition) is 1. The summed E-state index contributed by atoms with van der Waals surface area (Å²) >= 11 is 1.92. The Morgan fingerprint density at radius 3 is 2.57 bits per heavy atom. The molecule has 0 atom stereocenters. The lowest BCUT2D eigenvalue weighted by atomic mass is 10.0. The maximum atomic E-state index is 11.4. The van der Waals surface area contributed by atoms with Crippen LogP contribution >= 0.6 is 11.8 Å². The molecule has 118 valence electrons. The fourth-order valence-corrected chi connectivity index (χ4v) is 2.70. The van der Waals surface area contributed by atoms with Crippen LogP contribution in [-0.4, -0.2) is 31.6 Å². The van der Waals surface area contributed by atoms with Crippen LogP contribution < -0.4 is 5.32 Å². The lowest BCUT2D eigenvalue weighted by Crippen LogP contribution is -2.17. The largest absolute Gasteiger partial charge is 0.469 e. The Hall–Kier alpha value is -1.00. The Morgan fingerprint density at radius 1 is 1.14 bits per heavy atom.